The number of phosphoric acid groups is 1. The molecule has 3 atom stereocenters. The maximum atomic E-state index is 11.7. The van der Waals surface area contributed by atoms with Gasteiger partial charge in [-0.2, -0.15) is 0 Å². The SMILES string of the molecule is Cc1cn([C@H]2CC(OP(=O)(O)O)[C@@H](C)O2)c(=O)[nH]c1=O. The summed E-state index contributed by atoms with van der Waals surface area (Å²) in [6.07, 6.45) is -0.730. The van der Waals surface area contributed by atoms with Crippen LogP contribution in [0.3, 0.4) is 0 Å². The fourth-order valence-electron chi connectivity index (χ4n) is 2.07. The van der Waals surface area contributed by atoms with Gasteiger partial charge in [-0.25, -0.2) is 9.36 Å². The number of hydrogen-bond acceptors (Lipinski definition) is 5. The van der Waals surface area contributed by atoms with Crippen LogP contribution in [0.25, 0.3) is 0 Å². The van der Waals surface area contributed by atoms with Gasteiger partial charge in [0.25, 0.3) is 5.56 Å². The van der Waals surface area contributed by atoms with Crippen molar-refractivity contribution in [1.29, 1.82) is 0 Å². The van der Waals surface area contributed by atoms with Gasteiger partial charge in [-0.05, 0) is 13.8 Å². The van der Waals surface area contributed by atoms with Gasteiger partial charge in [0, 0.05) is 18.2 Å². The highest BCUT2D eigenvalue weighted by molar-refractivity contribution is 7.46. The minimum Gasteiger partial charge on any atom is -0.352 e. The van der Waals surface area contributed by atoms with Crippen molar-refractivity contribution < 1.29 is 23.6 Å². The van der Waals surface area contributed by atoms with Crippen molar-refractivity contribution in [2.24, 2.45) is 0 Å². The summed E-state index contributed by atoms with van der Waals surface area (Å²) >= 11 is 0. The number of H-pyrrole nitrogens is 1. The van der Waals surface area contributed by atoms with Gasteiger partial charge in [-0.15, -0.1) is 0 Å². The number of ether oxygens (including phenoxy) is 1. The Morgan fingerprint density at radius 2 is 2.15 bits per heavy atom. The Morgan fingerprint density at radius 3 is 2.75 bits per heavy atom. The fraction of sp³-hybridized carbons (Fsp3) is 0.600. The summed E-state index contributed by atoms with van der Waals surface area (Å²) in [5, 5.41) is 0. The third kappa shape index (κ3) is 3.25. The van der Waals surface area contributed by atoms with Crippen LogP contribution in [0, 0.1) is 6.92 Å². The molecule has 2 rings (SSSR count). The molecule has 1 aromatic rings. The van der Waals surface area contributed by atoms with Crippen LogP contribution in [0.5, 0.6) is 0 Å². The zero-order valence-corrected chi connectivity index (χ0v) is 11.7. The number of aromatic nitrogens is 2. The maximum Gasteiger partial charge on any atom is 0.469 e. The van der Waals surface area contributed by atoms with E-state index in [0.717, 1.165) is 0 Å². The van der Waals surface area contributed by atoms with Gasteiger partial charge in [-0.1, -0.05) is 0 Å². The molecule has 1 unspecified atom stereocenters. The lowest BCUT2D eigenvalue weighted by Crippen LogP contribution is -2.33. The molecule has 112 valence electrons. The van der Waals surface area contributed by atoms with Crippen molar-refractivity contribution in [1.82, 2.24) is 9.55 Å². The topological polar surface area (TPSA) is 131 Å². The third-order valence-corrected chi connectivity index (χ3v) is 3.60. The average Bonchev–Trinajstić information content (AvgIpc) is 2.63. The maximum absolute atomic E-state index is 11.7. The molecule has 0 aromatic carbocycles. The molecule has 1 fully saturated rings. The van der Waals surface area contributed by atoms with Crippen LogP contribution in [0.15, 0.2) is 15.8 Å². The van der Waals surface area contributed by atoms with Gasteiger partial charge in [0.2, 0.25) is 0 Å². The Kier molecular flexibility index (Phi) is 3.99. The van der Waals surface area contributed by atoms with E-state index in [1.54, 1.807) is 6.92 Å². The quantitative estimate of drug-likeness (QED) is 0.649. The molecule has 1 saturated heterocycles. The first kappa shape index (κ1) is 15.1. The first-order chi connectivity index (χ1) is 9.17. The lowest BCUT2D eigenvalue weighted by atomic mass is 10.2. The Balaban J connectivity index is 2.25. The zero-order chi connectivity index (χ0) is 15.1. The molecule has 1 aromatic heterocycles. The Hall–Kier alpha value is -1.25. The van der Waals surface area contributed by atoms with Gasteiger partial charge >= 0.3 is 13.5 Å². The molecule has 20 heavy (non-hydrogen) atoms. The molecule has 2 heterocycles. The molecule has 0 saturated carbocycles. The summed E-state index contributed by atoms with van der Waals surface area (Å²) in [6, 6.07) is 0. The van der Waals surface area contributed by atoms with E-state index in [1.165, 1.54) is 17.7 Å². The number of aromatic amines is 1. The third-order valence-electron chi connectivity index (χ3n) is 3.06. The van der Waals surface area contributed by atoms with Gasteiger partial charge in [0.1, 0.15) is 6.23 Å². The number of aryl methyl sites for hydroxylation is 1. The molecule has 10 heteroatoms. The van der Waals surface area contributed by atoms with E-state index < -0.39 is 37.5 Å². The Labute approximate surface area is 113 Å². The highest BCUT2D eigenvalue weighted by Crippen LogP contribution is 2.43. The predicted molar refractivity (Wildman–Crippen MR) is 67.2 cm³/mol. The largest absolute Gasteiger partial charge is 0.469 e. The van der Waals surface area contributed by atoms with Crippen LogP contribution >= 0.6 is 7.82 Å². The van der Waals surface area contributed by atoms with E-state index in [2.05, 4.69) is 9.51 Å². The number of hydrogen-bond donors (Lipinski definition) is 3. The first-order valence-electron chi connectivity index (χ1n) is 5.89. The molecule has 0 amide bonds. The minimum atomic E-state index is -4.62. The van der Waals surface area contributed by atoms with E-state index in [9.17, 15) is 14.2 Å². The number of nitrogens with one attached hydrogen (secondary N) is 1. The van der Waals surface area contributed by atoms with Crippen molar-refractivity contribution in [3.05, 3.63) is 32.6 Å². The summed E-state index contributed by atoms with van der Waals surface area (Å²) in [5.74, 6) is 0. The molecule has 0 spiro atoms. The van der Waals surface area contributed by atoms with Gasteiger partial charge in [0.05, 0.1) is 12.2 Å². The number of phosphoric ester groups is 1. The van der Waals surface area contributed by atoms with Crippen LogP contribution < -0.4 is 11.2 Å². The van der Waals surface area contributed by atoms with Crippen LogP contribution in [0.4, 0.5) is 0 Å². The molecule has 0 aliphatic carbocycles. The van der Waals surface area contributed by atoms with Gasteiger partial charge in [0.15, 0.2) is 0 Å². The number of nitrogens with zero attached hydrogens (tertiary/aromatic N) is 1. The molecular weight excluding hydrogens is 291 g/mol. The van der Waals surface area contributed by atoms with Gasteiger partial charge < -0.3 is 14.5 Å². The first-order valence-corrected chi connectivity index (χ1v) is 7.42. The molecule has 0 radical (unpaired) electrons. The highest BCUT2D eigenvalue weighted by Gasteiger charge is 2.38. The average molecular weight is 306 g/mol. The molecule has 0 bridgehead atoms. The van der Waals surface area contributed by atoms with E-state index in [0.29, 0.717) is 5.56 Å². The van der Waals surface area contributed by atoms with E-state index >= 15 is 0 Å². The summed E-state index contributed by atoms with van der Waals surface area (Å²) in [7, 11) is -4.62. The summed E-state index contributed by atoms with van der Waals surface area (Å²) in [6.45, 7) is 3.13. The predicted octanol–water partition coefficient (Wildman–Crippen LogP) is -0.370. The second kappa shape index (κ2) is 5.27. The molecule has 3 N–H and O–H groups in total. The van der Waals surface area contributed by atoms with Crippen LogP contribution in [-0.2, 0) is 13.8 Å². The fourth-order valence-corrected chi connectivity index (χ4v) is 2.68. The van der Waals surface area contributed by atoms with Crippen molar-refractivity contribution >= 4 is 7.82 Å². The smallest absolute Gasteiger partial charge is 0.352 e. The highest BCUT2D eigenvalue weighted by atomic mass is 31.2. The lowest BCUT2D eigenvalue weighted by Gasteiger charge is -2.14. The standard InChI is InChI=1S/C10H15N2O7P/c1-5-4-12(10(14)11-9(5)13)8-3-7(6(2)18-8)19-20(15,16)17/h4,6-8H,3H2,1-2H3,(H,11,13,14)(H2,15,16,17)/t6-,7?,8-/m1/s1. The van der Waals surface area contributed by atoms with E-state index in [-0.39, 0.29) is 6.42 Å². The lowest BCUT2D eigenvalue weighted by molar-refractivity contribution is -0.0103. The van der Waals surface area contributed by atoms with Gasteiger partial charge in [-0.3, -0.25) is 18.9 Å². The summed E-state index contributed by atoms with van der Waals surface area (Å²) in [4.78, 5) is 42.7. The van der Waals surface area contributed by atoms with Crippen LogP contribution in [0.1, 0.15) is 25.1 Å². The molecular formula is C10H15N2O7P. The summed E-state index contributed by atoms with van der Waals surface area (Å²) in [5.41, 5.74) is -0.796. The van der Waals surface area contributed by atoms with E-state index in [4.69, 9.17) is 14.5 Å². The van der Waals surface area contributed by atoms with Crippen molar-refractivity contribution in [2.75, 3.05) is 0 Å². The Bertz CT molecular complexity index is 660. The van der Waals surface area contributed by atoms with E-state index in [1.807, 2.05) is 0 Å². The van der Waals surface area contributed by atoms with Crippen molar-refractivity contribution in [3.63, 3.8) is 0 Å². The molecule has 1 aliphatic heterocycles. The number of rotatable bonds is 3. The van der Waals surface area contributed by atoms with Crippen LogP contribution in [0.2, 0.25) is 0 Å². The second-order valence-corrected chi connectivity index (χ2v) is 5.84. The second-order valence-electron chi connectivity index (χ2n) is 4.64. The Morgan fingerprint density at radius 1 is 1.50 bits per heavy atom. The summed E-state index contributed by atoms with van der Waals surface area (Å²) < 4.78 is 22.1. The van der Waals surface area contributed by atoms with Crippen LogP contribution in [-0.4, -0.2) is 31.5 Å². The molecule has 9 nitrogen and oxygen atoms in total. The van der Waals surface area contributed by atoms with Crippen molar-refractivity contribution in [2.45, 2.75) is 38.7 Å². The monoisotopic (exact) mass is 306 g/mol. The zero-order valence-electron chi connectivity index (χ0n) is 10.8. The van der Waals surface area contributed by atoms with Crippen molar-refractivity contribution in [3.8, 4) is 0 Å². The minimum absolute atomic E-state index is 0.0949. The normalized spacial score (nSPS) is 26.9. The molecule has 1 aliphatic rings.